The molecule has 0 spiro atoms. The number of carbonyl (C=O) groups excluding carboxylic acids is 1. The lowest BCUT2D eigenvalue weighted by Crippen LogP contribution is -2.38. The van der Waals surface area contributed by atoms with E-state index in [0.29, 0.717) is 11.3 Å². The van der Waals surface area contributed by atoms with E-state index in [0.717, 1.165) is 42.8 Å². The topological polar surface area (TPSA) is 76.0 Å². The molecule has 1 N–H and O–H groups in total. The van der Waals surface area contributed by atoms with Crippen molar-refractivity contribution in [2.75, 3.05) is 13.7 Å². The van der Waals surface area contributed by atoms with E-state index < -0.39 is 0 Å². The molecule has 3 heterocycles. The van der Waals surface area contributed by atoms with Gasteiger partial charge in [-0.3, -0.25) is 14.6 Å². The molecule has 1 fully saturated rings. The van der Waals surface area contributed by atoms with Crippen LogP contribution >= 0.6 is 0 Å². The summed E-state index contributed by atoms with van der Waals surface area (Å²) in [6.45, 7) is 0.725. The smallest absolute Gasteiger partial charge is 0.258 e. The van der Waals surface area contributed by atoms with Crippen molar-refractivity contribution in [3.63, 3.8) is 0 Å². The van der Waals surface area contributed by atoms with Crippen LogP contribution in [0.4, 0.5) is 0 Å². The number of aromatic amines is 1. The molecular weight excluding hydrogens is 342 g/mol. The van der Waals surface area contributed by atoms with E-state index in [1.165, 1.54) is 0 Å². The van der Waals surface area contributed by atoms with Crippen molar-refractivity contribution in [3.8, 4) is 17.0 Å². The van der Waals surface area contributed by atoms with Gasteiger partial charge in [-0.05, 0) is 37.5 Å². The summed E-state index contributed by atoms with van der Waals surface area (Å²) in [6, 6.07) is 9.62. The van der Waals surface area contributed by atoms with Gasteiger partial charge in [-0.15, -0.1) is 0 Å². The quantitative estimate of drug-likeness (QED) is 0.770. The molecule has 140 valence electrons. The Morgan fingerprint density at radius 3 is 2.96 bits per heavy atom. The predicted molar refractivity (Wildman–Crippen MR) is 101 cm³/mol. The molecule has 1 aromatic carbocycles. The summed E-state index contributed by atoms with van der Waals surface area (Å²) in [5.74, 6) is 0.724. The average Bonchev–Trinajstić information content (AvgIpc) is 3.36. The molecular formula is C20H23N5O2. The highest BCUT2D eigenvalue weighted by Gasteiger charge is 2.32. The Hall–Kier alpha value is -3.09. The molecule has 0 saturated carbocycles. The summed E-state index contributed by atoms with van der Waals surface area (Å²) < 4.78 is 7.09. The van der Waals surface area contributed by atoms with Crippen molar-refractivity contribution < 1.29 is 9.53 Å². The number of piperidine rings is 1. The zero-order chi connectivity index (χ0) is 18.8. The highest BCUT2D eigenvalue weighted by molar-refractivity contribution is 6.00. The molecule has 1 saturated heterocycles. The van der Waals surface area contributed by atoms with Crippen molar-refractivity contribution in [2.24, 2.45) is 7.05 Å². The monoisotopic (exact) mass is 365 g/mol. The molecule has 0 bridgehead atoms. The number of nitrogens with one attached hydrogen (secondary N) is 1. The second kappa shape index (κ2) is 7.26. The molecule has 7 nitrogen and oxygen atoms in total. The first-order valence-corrected chi connectivity index (χ1v) is 9.15. The summed E-state index contributed by atoms with van der Waals surface area (Å²) in [4.78, 5) is 15.3. The number of aryl methyl sites for hydroxylation is 1. The Labute approximate surface area is 157 Å². The zero-order valence-electron chi connectivity index (χ0n) is 15.6. The number of amides is 1. The Kier molecular flexibility index (Phi) is 4.66. The number of H-pyrrole nitrogens is 1. The van der Waals surface area contributed by atoms with Gasteiger partial charge in [0.1, 0.15) is 5.75 Å². The molecule has 4 rings (SSSR count). The third-order valence-corrected chi connectivity index (χ3v) is 5.07. The molecule has 1 atom stereocenters. The van der Waals surface area contributed by atoms with Gasteiger partial charge in [-0.2, -0.15) is 10.2 Å². The van der Waals surface area contributed by atoms with Crippen molar-refractivity contribution in [1.82, 2.24) is 24.9 Å². The third-order valence-electron chi connectivity index (χ3n) is 5.07. The maximum absolute atomic E-state index is 13.4. The van der Waals surface area contributed by atoms with Gasteiger partial charge in [-0.1, -0.05) is 12.1 Å². The number of carbonyl (C=O) groups is 1. The fourth-order valence-electron chi connectivity index (χ4n) is 3.69. The average molecular weight is 365 g/mol. The summed E-state index contributed by atoms with van der Waals surface area (Å²) in [5.41, 5.74) is 3.11. The fourth-order valence-corrected chi connectivity index (χ4v) is 3.69. The molecule has 7 heteroatoms. The standard InChI is InChI=1S/C20H23N5O2/c1-24-11-9-17(23-24)18-8-3-4-10-25(18)20(26)16-13-21-22-19(16)14-6-5-7-15(12-14)27-2/h5-7,9,11-13,18H,3-4,8,10H2,1-2H3,(H,21,22)/t18-/m0/s1. The first-order valence-electron chi connectivity index (χ1n) is 9.15. The molecule has 0 unspecified atom stereocenters. The predicted octanol–water partition coefficient (Wildman–Crippen LogP) is 3.19. The number of aromatic nitrogens is 4. The van der Waals surface area contributed by atoms with Crippen LogP contribution in [0.2, 0.25) is 0 Å². The van der Waals surface area contributed by atoms with Gasteiger partial charge >= 0.3 is 0 Å². The normalized spacial score (nSPS) is 17.1. The van der Waals surface area contributed by atoms with Gasteiger partial charge in [0.25, 0.3) is 5.91 Å². The number of benzene rings is 1. The number of methoxy groups -OCH3 is 1. The van der Waals surface area contributed by atoms with E-state index in [-0.39, 0.29) is 11.9 Å². The SMILES string of the molecule is COc1cccc(-c2[nH]ncc2C(=O)N2CCCC[C@H]2c2ccn(C)n2)c1. The van der Waals surface area contributed by atoms with Gasteiger partial charge in [-0.25, -0.2) is 0 Å². The molecule has 1 aliphatic heterocycles. The fraction of sp³-hybridized carbons (Fsp3) is 0.350. The van der Waals surface area contributed by atoms with Crippen molar-refractivity contribution in [1.29, 1.82) is 0 Å². The Morgan fingerprint density at radius 2 is 2.19 bits per heavy atom. The Morgan fingerprint density at radius 1 is 1.30 bits per heavy atom. The van der Waals surface area contributed by atoms with Crippen LogP contribution in [0, 0.1) is 0 Å². The lowest BCUT2D eigenvalue weighted by atomic mass is 9.97. The largest absolute Gasteiger partial charge is 0.497 e. The third kappa shape index (κ3) is 3.32. The van der Waals surface area contributed by atoms with Gasteiger partial charge in [0.2, 0.25) is 0 Å². The lowest BCUT2D eigenvalue weighted by molar-refractivity contribution is 0.0606. The molecule has 1 amide bonds. The molecule has 27 heavy (non-hydrogen) atoms. The number of rotatable bonds is 4. The van der Waals surface area contributed by atoms with Crippen LogP contribution in [-0.2, 0) is 7.05 Å². The highest BCUT2D eigenvalue weighted by Crippen LogP contribution is 2.33. The van der Waals surface area contributed by atoms with Crippen LogP contribution in [0.5, 0.6) is 5.75 Å². The van der Waals surface area contributed by atoms with E-state index in [1.54, 1.807) is 18.0 Å². The first kappa shape index (κ1) is 17.3. The van der Waals surface area contributed by atoms with Crippen molar-refractivity contribution in [2.45, 2.75) is 25.3 Å². The van der Waals surface area contributed by atoms with Gasteiger partial charge < -0.3 is 9.64 Å². The van der Waals surface area contributed by atoms with Crippen LogP contribution < -0.4 is 4.74 Å². The van der Waals surface area contributed by atoms with Crippen LogP contribution in [0.25, 0.3) is 11.3 Å². The van der Waals surface area contributed by atoms with E-state index in [9.17, 15) is 4.79 Å². The zero-order valence-corrected chi connectivity index (χ0v) is 15.6. The lowest BCUT2D eigenvalue weighted by Gasteiger charge is -2.34. The van der Waals surface area contributed by atoms with Gasteiger partial charge in [0.05, 0.1) is 36.3 Å². The number of hydrogen-bond acceptors (Lipinski definition) is 4. The van der Waals surface area contributed by atoms with Gasteiger partial charge in [0.15, 0.2) is 0 Å². The van der Waals surface area contributed by atoms with Crippen LogP contribution in [0.15, 0.2) is 42.7 Å². The summed E-state index contributed by atoms with van der Waals surface area (Å²) in [7, 11) is 3.53. The second-order valence-electron chi connectivity index (χ2n) is 6.82. The Bertz CT molecular complexity index is 945. The van der Waals surface area contributed by atoms with Crippen LogP contribution in [-0.4, -0.2) is 44.4 Å². The maximum Gasteiger partial charge on any atom is 0.258 e. The van der Waals surface area contributed by atoms with E-state index in [4.69, 9.17) is 4.74 Å². The van der Waals surface area contributed by atoms with Crippen molar-refractivity contribution in [3.05, 3.63) is 54.0 Å². The maximum atomic E-state index is 13.4. The molecule has 0 aliphatic carbocycles. The number of likely N-dealkylation sites (tertiary alicyclic amines) is 1. The highest BCUT2D eigenvalue weighted by atomic mass is 16.5. The number of nitrogens with zero attached hydrogens (tertiary/aromatic N) is 4. The van der Waals surface area contributed by atoms with E-state index in [2.05, 4.69) is 15.3 Å². The minimum absolute atomic E-state index is 0.000472. The molecule has 0 radical (unpaired) electrons. The second-order valence-corrected chi connectivity index (χ2v) is 6.82. The summed E-state index contributed by atoms with van der Waals surface area (Å²) in [6.07, 6.45) is 6.56. The van der Waals surface area contributed by atoms with E-state index >= 15 is 0 Å². The minimum atomic E-state index is -0.0167. The van der Waals surface area contributed by atoms with Gasteiger partial charge in [0, 0.05) is 25.4 Å². The number of ether oxygens (including phenoxy) is 1. The van der Waals surface area contributed by atoms with E-state index in [1.807, 2.05) is 48.5 Å². The molecule has 3 aromatic rings. The van der Waals surface area contributed by atoms with Crippen LogP contribution in [0.1, 0.15) is 41.4 Å². The summed E-state index contributed by atoms with van der Waals surface area (Å²) >= 11 is 0. The summed E-state index contributed by atoms with van der Waals surface area (Å²) in [5, 5.41) is 11.7. The first-order chi connectivity index (χ1) is 13.2. The van der Waals surface area contributed by atoms with Crippen LogP contribution in [0.3, 0.4) is 0 Å². The minimum Gasteiger partial charge on any atom is -0.497 e. The molecule has 2 aromatic heterocycles. The Balaban J connectivity index is 1.67. The van der Waals surface area contributed by atoms with Crippen molar-refractivity contribution >= 4 is 5.91 Å². The number of hydrogen-bond donors (Lipinski definition) is 1. The molecule has 1 aliphatic rings.